The first kappa shape index (κ1) is 9.96. The van der Waals surface area contributed by atoms with Crippen LogP contribution in [0, 0.1) is 0 Å². The quantitative estimate of drug-likeness (QED) is 0.685. The molecule has 0 radical (unpaired) electrons. The molecule has 0 saturated carbocycles. The lowest BCUT2D eigenvalue weighted by atomic mass is 10.3. The second kappa shape index (κ2) is 5.51. The fourth-order valence-corrected chi connectivity index (χ4v) is 1.87. The number of allylic oxidation sites excluding steroid dienone is 2. The van der Waals surface area contributed by atoms with Crippen molar-refractivity contribution < 1.29 is 5.11 Å². The number of rotatable bonds is 4. The summed E-state index contributed by atoms with van der Waals surface area (Å²) in [7, 11) is 0. The van der Waals surface area contributed by atoms with E-state index in [0.717, 1.165) is 11.4 Å². The van der Waals surface area contributed by atoms with Crippen molar-refractivity contribution in [3.8, 4) is 0 Å². The molecule has 0 saturated heterocycles. The van der Waals surface area contributed by atoms with Gasteiger partial charge in [0, 0.05) is 11.6 Å². The molecule has 2 N–H and O–H groups in total. The number of thioether (sulfide) groups is 1. The minimum absolute atomic E-state index is 0.302. The van der Waals surface area contributed by atoms with Crippen molar-refractivity contribution in [1.29, 1.82) is 0 Å². The van der Waals surface area contributed by atoms with Crippen molar-refractivity contribution in [1.82, 2.24) is 5.32 Å². The van der Waals surface area contributed by atoms with Gasteiger partial charge in [-0.15, -0.1) is 23.4 Å². The van der Waals surface area contributed by atoms with E-state index in [2.05, 4.69) is 11.4 Å². The molecule has 0 aromatic rings. The number of alkyl halides is 1. The number of dihydropyridines is 1. The maximum atomic E-state index is 9.16. The Morgan fingerprint density at radius 3 is 3.17 bits per heavy atom. The lowest BCUT2D eigenvalue weighted by Crippen LogP contribution is -2.14. The van der Waals surface area contributed by atoms with E-state index in [1.54, 1.807) is 11.8 Å². The highest BCUT2D eigenvalue weighted by molar-refractivity contribution is 8.03. The molecule has 1 atom stereocenters. The molecule has 0 aromatic carbocycles. The molecule has 0 amide bonds. The van der Waals surface area contributed by atoms with E-state index in [1.807, 2.05) is 12.3 Å². The predicted octanol–water partition coefficient (Wildman–Crippen LogP) is 1.67. The summed E-state index contributed by atoms with van der Waals surface area (Å²) in [5, 5.41) is 13.3. The van der Waals surface area contributed by atoms with Gasteiger partial charge in [0.2, 0.25) is 0 Å². The fourth-order valence-electron chi connectivity index (χ4n) is 0.774. The van der Waals surface area contributed by atoms with Crippen LogP contribution in [0.1, 0.15) is 6.42 Å². The fraction of sp³-hybridized carbons (Fsp3) is 0.500. The largest absolute Gasteiger partial charge is 0.391 e. The SMILES string of the molecule is OC(CCl)CSC1=CCC=CN1. The molecule has 1 heterocycles. The van der Waals surface area contributed by atoms with Crippen molar-refractivity contribution in [2.24, 2.45) is 0 Å². The normalized spacial score (nSPS) is 18.3. The van der Waals surface area contributed by atoms with Gasteiger partial charge in [0.1, 0.15) is 0 Å². The van der Waals surface area contributed by atoms with Crippen LogP contribution in [0.5, 0.6) is 0 Å². The van der Waals surface area contributed by atoms with Gasteiger partial charge in [-0.1, -0.05) is 12.2 Å². The summed E-state index contributed by atoms with van der Waals surface area (Å²) < 4.78 is 0. The van der Waals surface area contributed by atoms with Crippen LogP contribution < -0.4 is 5.32 Å². The first-order chi connectivity index (χ1) is 5.83. The van der Waals surface area contributed by atoms with Crippen LogP contribution in [0.2, 0.25) is 0 Å². The highest BCUT2D eigenvalue weighted by Gasteiger charge is 2.04. The lowest BCUT2D eigenvalue weighted by molar-refractivity contribution is 0.224. The number of hydrogen-bond donors (Lipinski definition) is 2. The summed E-state index contributed by atoms with van der Waals surface area (Å²) in [6.07, 6.45) is 6.60. The third-order valence-corrected chi connectivity index (χ3v) is 2.90. The van der Waals surface area contributed by atoms with Gasteiger partial charge in [-0.05, 0) is 12.6 Å². The standard InChI is InChI=1S/C8H12ClNOS/c9-5-7(11)6-12-8-3-1-2-4-10-8/h2-4,7,10-11H,1,5-6H2. The Kier molecular flexibility index (Phi) is 4.58. The predicted molar refractivity (Wildman–Crippen MR) is 54.2 cm³/mol. The smallest absolute Gasteiger partial charge is 0.0769 e. The van der Waals surface area contributed by atoms with Gasteiger partial charge in [-0.25, -0.2) is 0 Å². The van der Waals surface area contributed by atoms with E-state index in [4.69, 9.17) is 16.7 Å². The first-order valence-electron chi connectivity index (χ1n) is 3.81. The van der Waals surface area contributed by atoms with Crippen LogP contribution in [0.4, 0.5) is 0 Å². The molecule has 0 aliphatic carbocycles. The van der Waals surface area contributed by atoms with Gasteiger partial charge >= 0.3 is 0 Å². The van der Waals surface area contributed by atoms with Crippen LogP contribution in [0.3, 0.4) is 0 Å². The number of nitrogens with one attached hydrogen (secondary N) is 1. The molecule has 1 aliphatic rings. The summed E-state index contributed by atoms with van der Waals surface area (Å²) in [4.78, 5) is 0. The van der Waals surface area contributed by atoms with Crippen molar-refractivity contribution in [2.45, 2.75) is 12.5 Å². The van der Waals surface area contributed by atoms with Gasteiger partial charge in [-0.3, -0.25) is 0 Å². The zero-order chi connectivity index (χ0) is 8.81. The Morgan fingerprint density at radius 2 is 2.58 bits per heavy atom. The third-order valence-electron chi connectivity index (χ3n) is 1.39. The minimum Gasteiger partial charge on any atom is -0.391 e. The molecule has 12 heavy (non-hydrogen) atoms. The van der Waals surface area contributed by atoms with E-state index in [0.29, 0.717) is 11.6 Å². The Labute approximate surface area is 81.7 Å². The molecule has 0 fully saturated rings. The third kappa shape index (κ3) is 3.52. The van der Waals surface area contributed by atoms with Crippen LogP contribution in [0.25, 0.3) is 0 Å². The molecule has 4 heteroatoms. The van der Waals surface area contributed by atoms with E-state index >= 15 is 0 Å². The highest BCUT2D eigenvalue weighted by atomic mass is 35.5. The van der Waals surface area contributed by atoms with Gasteiger partial charge in [-0.2, -0.15) is 0 Å². The van der Waals surface area contributed by atoms with Gasteiger partial charge in [0.25, 0.3) is 0 Å². The van der Waals surface area contributed by atoms with Gasteiger partial charge < -0.3 is 10.4 Å². The van der Waals surface area contributed by atoms with Gasteiger partial charge in [0.15, 0.2) is 0 Å². The Hall–Kier alpha value is -0.120. The number of halogens is 1. The molecule has 1 unspecified atom stereocenters. The van der Waals surface area contributed by atoms with Crippen LogP contribution in [-0.4, -0.2) is 22.8 Å². The molecule has 2 nitrogen and oxygen atoms in total. The molecule has 1 rings (SSSR count). The Balaban J connectivity index is 2.18. The molecule has 0 bridgehead atoms. The zero-order valence-electron chi connectivity index (χ0n) is 6.66. The zero-order valence-corrected chi connectivity index (χ0v) is 8.24. The summed E-state index contributed by atoms with van der Waals surface area (Å²) in [6, 6.07) is 0. The molecular weight excluding hydrogens is 194 g/mol. The Bertz CT molecular complexity index is 193. The molecular formula is C8H12ClNOS. The maximum absolute atomic E-state index is 9.16. The highest BCUT2D eigenvalue weighted by Crippen LogP contribution is 2.17. The second-order valence-corrected chi connectivity index (χ2v) is 3.84. The summed E-state index contributed by atoms with van der Waals surface area (Å²) in [5.74, 6) is 0.951. The molecule has 0 aromatic heterocycles. The van der Waals surface area contributed by atoms with Crippen LogP contribution in [-0.2, 0) is 0 Å². The van der Waals surface area contributed by atoms with E-state index in [-0.39, 0.29) is 0 Å². The van der Waals surface area contributed by atoms with Crippen molar-refractivity contribution >= 4 is 23.4 Å². The monoisotopic (exact) mass is 205 g/mol. The number of aliphatic hydroxyl groups is 1. The van der Waals surface area contributed by atoms with E-state index in [9.17, 15) is 0 Å². The molecule has 68 valence electrons. The molecule has 1 aliphatic heterocycles. The second-order valence-electron chi connectivity index (χ2n) is 2.47. The maximum Gasteiger partial charge on any atom is 0.0769 e. The van der Waals surface area contributed by atoms with E-state index < -0.39 is 6.10 Å². The van der Waals surface area contributed by atoms with Gasteiger partial charge in [0.05, 0.1) is 11.1 Å². The first-order valence-corrected chi connectivity index (χ1v) is 5.33. The number of aliphatic hydroxyl groups excluding tert-OH is 1. The van der Waals surface area contributed by atoms with Crippen molar-refractivity contribution in [3.05, 3.63) is 23.4 Å². The van der Waals surface area contributed by atoms with E-state index in [1.165, 1.54) is 0 Å². The molecule has 0 spiro atoms. The summed E-state index contributed by atoms with van der Waals surface area (Å²) in [6.45, 7) is 0. The van der Waals surface area contributed by atoms with Crippen LogP contribution >= 0.6 is 23.4 Å². The van der Waals surface area contributed by atoms with Crippen molar-refractivity contribution in [2.75, 3.05) is 11.6 Å². The topological polar surface area (TPSA) is 32.3 Å². The van der Waals surface area contributed by atoms with Crippen molar-refractivity contribution in [3.63, 3.8) is 0 Å². The average Bonchev–Trinajstić information content (AvgIpc) is 2.16. The average molecular weight is 206 g/mol. The lowest BCUT2D eigenvalue weighted by Gasteiger charge is -2.11. The van der Waals surface area contributed by atoms with Crippen LogP contribution in [0.15, 0.2) is 23.4 Å². The minimum atomic E-state index is -0.412. The summed E-state index contributed by atoms with van der Waals surface area (Å²) >= 11 is 7.05. The Morgan fingerprint density at radius 1 is 1.75 bits per heavy atom. The number of hydrogen-bond acceptors (Lipinski definition) is 3. The summed E-state index contributed by atoms with van der Waals surface area (Å²) in [5.41, 5.74) is 0.